The van der Waals surface area contributed by atoms with Crippen LogP contribution in [0.1, 0.15) is 17.4 Å². The number of aromatic nitrogens is 1. The van der Waals surface area contributed by atoms with Crippen molar-refractivity contribution >= 4 is 5.69 Å². The van der Waals surface area contributed by atoms with E-state index >= 15 is 0 Å². The minimum absolute atomic E-state index is 0.518. The quantitative estimate of drug-likeness (QED) is 0.788. The van der Waals surface area contributed by atoms with Crippen LogP contribution in [0, 0.1) is 0 Å². The lowest BCUT2D eigenvalue weighted by molar-refractivity contribution is 0.215. The Labute approximate surface area is 99.7 Å². The van der Waals surface area contributed by atoms with Crippen LogP contribution in [0.15, 0.2) is 42.6 Å². The SMILES string of the molecule is COc1ccc(N)c(C(O)c2ccccn2)c1. The average Bonchev–Trinajstić information content (AvgIpc) is 2.39. The van der Waals surface area contributed by atoms with Gasteiger partial charge in [-0.25, -0.2) is 0 Å². The number of methoxy groups -OCH3 is 1. The molecule has 88 valence electrons. The van der Waals surface area contributed by atoms with E-state index < -0.39 is 6.10 Å². The number of hydrogen-bond donors (Lipinski definition) is 2. The molecule has 0 aliphatic rings. The lowest BCUT2D eigenvalue weighted by atomic mass is 10.0. The number of rotatable bonds is 3. The maximum absolute atomic E-state index is 10.2. The number of aliphatic hydroxyl groups excluding tert-OH is 1. The van der Waals surface area contributed by atoms with E-state index in [1.54, 1.807) is 43.6 Å². The number of nitrogens with two attached hydrogens (primary N) is 1. The summed E-state index contributed by atoms with van der Waals surface area (Å²) in [6.45, 7) is 0. The van der Waals surface area contributed by atoms with Gasteiger partial charge in [0, 0.05) is 17.4 Å². The van der Waals surface area contributed by atoms with Crippen molar-refractivity contribution in [2.45, 2.75) is 6.10 Å². The second-order valence-electron chi connectivity index (χ2n) is 3.65. The summed E-state index contributed by atoms with van der Waals surface area (Å²) in [5.41, 5.74) is 7.52. The zero-order valence-corrected chi connectivity index (χ0v) is 9.50. The molecule has 4 nitrogen and oxygen atoms in total. The third-order valence-corrected chi connectivity index (χ3v) is 2.56. The van der Waals surface area contributed by atoms with Crippen molar-refractivity contribution in [1.82, 2.24) is 4.98 Å². The summed E-state index contributed by atoms with van der Waals surface area (Å²) >= 11 is 0. The summed E-state index contributed by atoms with van der Waals surface area (Å²) in [5.74, 6) is 0.657. The molecule has 4 heteroatoms. The first-order valence-electron chi connectivity index (χ1n) is 5.25. The molecule has 3 N–H and O–H groups in total. The molecule has 0 amide bonds. The molecule has 0 spiro atoms. The topological polar surface area (TPSA) is 68.4 Å². The van der Waals surface area contributed by atoms with Crippen LogP contribution < -0.4 is 10.5 Å². The first kappa shape index (κ1) is 11.4. The van der Waals surface area contributed by atoms with Crippen molar-refractivity contribution in [2.75, 3.05) is 12.8 Å². The van der Waals surface area contributed by atoms with Gasteiger partial charge in [0.2, 0.25) is 0 Å². The Morgan fingerprint density at radius 2 is 2.12 bits per heavy atom. The Morgan fingerprint density at radius 1 is 1.29 bits per heavy atom. The molecule has 2 rings (SSSR count). The minimum Gasteiger partial charge on any atom is -0.497 e. The lowest BCUT2D eigenvalue weighted by Gasteiger charge is -2.14. The molecule has 2 aromatic rings. The Bertz CT molecular complexity index is 500. The van der Waals surface area contributed by atoms with Crippen molar-refractivity contribution in [3.63, 3.8) is 0 Å². The number of anilines is 1. The summed E-state index contributed by atoms with van der Waals surface area (Å²) in [5, 5.41) is 10.2. The monoisotopic (exact) mass is 230 g/mol. The highest BCUT2D eigenvalue weighted by molar-refractivity contribution is 5.53. The molecule has 1 unspecified atom stereocenters. The van der Waals surface area contributed by atoms with Crippen LogP contribution in [0.4, 0.5) is 5.69 Å². The lowest BCUT2D eigenvalue weighted by Crippen LogP contribution is -2.05. The fourth-order valence-electron chi connectivity index (χ4n) is 1.61. The molecular formula is C13H14N2O2. The molecule has 0 aliphatic carbocycles. The molecule has 0 saturated heterocycles. The van der Waals surface area contributed by atoms with E-state index in [1.165, 1.54) is 0 Å². The summed E-state index contributed by atoms with van der Waals surface area (Å²) in [7, 11) is 1.57. The maximum atomic E-state index is 10.2. The van der Waals surface area contributed by atoms with Crippen LogP contribution in [0.2, 0.25) is 0 Å². The number of benzene rings is 1. The minimum atomic E-state index is -0.841. The van der Waals surface area contributed by atoms with Gasteiger partial charge in [-0.1, -0.05) is 6.07 Å². The van der Waals surface area contributed by atoms with E-state index in [0.29, 0.717) is 22.7 Å². The predicted octanol–water partition coefficient (Wildman–Crippen LogP) is 1.75. The first-order valence-corrected chi connectivity index (χ1v) is 5.25. The van der Waals surface area contributed by atoms with Gasteiger partial charge in [0.1, 0.15) is 11.9 Å². The van der Waals surface area contributed by atoms with Crippen molar-refractivity contribution in [3.8, 4) is 5.75 Å². The highest BCUT2D eigenvalue weighted by Gasteiger charge is 2.15. The Hall–Kier alpha value is -2.07. The van der Waals surface area contributed by atoms with Crippen LogP contribution in [0.5, 0.6) is 5.75 Å². The van der Waals surface area contributed by atoms with Crippen LogP contribution in [0.25, 0.3) is 0 Å². The summed E-state index contributed by atoms with van der Waals surface area (Å²) in [6.07, 6.45) is 0.792. The van der Waals surface area contributed by atoms with Crippen molar-refractivity contribution in [1.29, 1.82) is 0 Å². The van der Waals surface area contributed by atoms with Gasteiger partial charge in [0.15, 0.2) is 0 Å². The van der Waals surface area contributed by atoms with E-state index in [-0.39, 0.29) is 0 Å². The second kappa shape index (κ2) is 4.84. The first-order chi connectivity index (χ1) is 8.22. The normalized spacial score (nSPS) is 12.1. The van der Waals surface area contributed by atoms with E-state index in [0.717, 1.165) is 0 Å². The van der Waals surface area contributed by atoms with Gasteiger partial charge in [-0.2, -0.15) is 0 Å². The van der Waals surface area contributed by atoms with Crippen molar-refractivity contribution in [3.05, 3.63) is 53.9 Å². The van der Waals surface area contributed by atoms with E-state index in [1.807, 2.05) is 6.07 Å². The van der Waals surface area contributed by atoms with Crippen LogP contribution in [-0.4, -0.2) is 17.2 Å². The van der Waals surface area contributed by atoms with Crippen LogP contribution >= 0.6 is 0 Å². The molecule has 1 heterocycles. The van der Waals surface area contributed by atoms with Crippen LogP contribution in [-0.2, 0) is 0 Å². The van der Waals surface area contributed by atoms with Gasteiger partial charge in [0.05, 0.1) is 12.8 Å². The summed E-state index contributed by atoms with van der Waals surface area (Å²) in [6, 6.07) is 10.6. The molecule has 17 heavy (non-hydrogen) atoms. The fraction of sp³-hybridized carbons (Fsp3) is 0.154. The second-order valence-corrected chi connectivity index (χ2v) is 3.65. The third-order valence-electron chi connectivity index (χ3n) is 2.56. The summed E-state index contributed by atoms with van der Waals surface area (Å²) < 4.78 is 5.11. The van der Waals surface area contributed by atoms with E-state index in [4.69, 9.17) is 10.5 Å². The molecule has 0 fully saturated rings. The Kier molecular flexibility index (Phi) is 3.25. The molecule has 0 bridgehead atoms. The highest BCUT2D eigenvalue weighted by Crippen LogP contribution is 2.28. The van der Waals surface area contributed by atoms with Gasteiger partial charge in [-0.3, -0.25) is 4.98 Å². The molecule has 1 aromatic heterocycles. The zero-order chi connectivity index (χ0) is 12.3. The Balaban J connectivity index is 2.40. The molecule has 0 saturated carbocycles. The Morgan fingerprint density at radius 3 is 2.76 bits per heavy atom. The zero-order valence-electron chi connectivity index (χ0n) is 9.50. The number of ether oxygens (including phenoxy) is 1. The third kappa shape index (κ3) is 2.37. The predicted molar refractivity (Wildman–Crippen MR) is 65.7 cm³/mol. The standard InChI is InChI=1S/C13H14N2O2/c1-17-9-5-6-11(14)10(8-9)13(16)12-4-2-3-7-15-12/h2-8,13,16H,14H2,1H3. The molecular weight excluding hydrogens is 216 g/mol. The van der Waals surface area contributed by atoms with E-state index in [2.05, 4.69) is 4.98 Å². The highest BCUT2D eigenvalue weighted by atomic mass is 16.5. The van der Waals surface area contributed by atoms with Gasteiger partial charge >= 0.3 is 0 Å². The largest absolute Gasteiger partial charge is 0.497 e. The maximum Gasteiger partial charge on any atom is 0.123 e. The number of hydrogen-bond acceptors (Lipinski definition) is 4. The van der Waals surface area contributed by atoms with Crippen molar-refractivity contribution < 1.29 is 9.84 Å². The molecule has 0 radical (unpaired) electrons. The number of pyridine rings is 1. The molecule has 1 aromatic carbocycles. The van der Waals surface area contributed by atoms with Gasteiger partial charge < -0.3 is 15.6 Å². The number of nitrogen functional groups attached to an aromatic ring is 1. The van der Waals surface area contributed by atoms with Crippen molar-refractivity contribution in [2.24, 2.45) is 0 Å². The number of aliphatic hydroxyl groups is 1. The average molecular weight is 230 g/mol. The molecule has 1 atom stereocenters. The van der Waals surface area contributed by atoms with Crippen LogP contribution in [0.3, 0.4) is 0 Å². The smallest absolute Gasteiger partial charge is 0.123 e. The number of nitrogens with zero attached hydrogens (tertiary/aromatic N) is 1. The molecule has 0 aliphatic heterocycles. The van der Waals surface area contributed by atoms with Gasteiger partial charge in [-0.15, -0.1) is 0 Å². The summed E-state index contributed by atoms with van der Waals surface area (Å²) in [4.78, 5) is 4.11. The van der Waals surface area contributed by atoms with Gasteiger partial charge in [0.25, 0.3) is 0 Å². The van der Waals surface area contributed by atoms with E-state index in [9.17, 15) is 5.11 Å². The van der Waals surface area contributed by atoms with Gasteiger partial charge in [-0.05, 0) is 30.3 Å². The fourth-order valence-corrected chi connectivity index (χ4v) is 1.61.